The first-order chi connectivity index (χ1) is 20.1. The number of hydrogen-bond donors (Lipinski definition) is 1. The molecule has 42 heavy (non-hydrogen) atoms. The second-order valence-corrected chi connectivity index (χ2v) is 18.0. The zero-order valence-corrected chi connectivity index (χ0v) is 25.9. The molecule has 2 aliphatic rings. The zero-order valence-electron chi connectivity index (χ0n) is 24.9. The minimum absolute atomic E-state index is 0.0226. The minimum Gasteiger partial charge on any atom is -0.493 e. The molecule has 1 aromatic carbocycles. The lowest BCUT2D eigenvalue weighted by Crippen LogP contribution is -2.24. The molecule has 1 amide bonds. The molecule has 4 aromatic rings. The van der Waals surface area contributed by atoms with E-state index in [0.717, 1.165) is 58.9 Å². The van der Waals surface area contributed by atoms with Gasteiger partial charge in [0, 0.05) is 46.1 Å². The van der Waals surface area contributed by atoms with Crippen molar-refractivity contribution in [3.8, 4) is 28.6 Å². The number of carbonyl (C=O) groups excluding carboxylic acids is 1. The predicted octanol–water partition coefficient (Wildman–Crippen LogP) is 5.70. The largest absolute Gasteiger partial charge is 0.493 e. The summed E-state index contributed by atoms with van der Waals surface area (Å²) < 4.78 is 22.7. The lowest BCUT2D eigenvalue weighted by atomic mass is 9.95. The molecule has 0 fully saturated rings. The lowest BCUT2D eigenvalue weighted by Gasteiger charge is -2.26. The van der Waals surface area contributed by atoms with Crippen molar-refractivity contribution in [2.75, 3.05) is 18.5 Å². The van der Waals surface area contributed by atoms with Crippen LogP contribution in [-0.2, 0) is 36.2 Å². The van der Waals surface area contributed by atoms with E-state index in [1.807, 2.05) is 42.9 Å². The molecule has 1 unspecified atom stereocenters. The summed E-state index contributed by atoms with van der Waals surface area (Å²) in [6, 6.07) is 10.9. The van der Waals surface area contributed by atoms with Crippen molar-refractivity contribution in [3.63, 3.8) is 0 Å². The molecule has 0 bridgehead atoms. The third-order valence-electron chi connectivity index (χ3n) is 7.70. The molecular weight excluding hydrogens is 548 g/mol. The van der Waals surface area contributed by atoms with Crippen molar-refractivity contribution in [2.24, 2.45) is 7.05 Å². The van der Waals surface area contributed by atoms with Crippen LogP contribution in [0.5, 0.6) is 17.2 Å². The van der Waals surface area contributed by atoms with Crippen LogP contribution in [0.4, 0.5) is 5.82 Å². The summed E-state index contributed by atoms with van der Waals surface area (Å²) in [6.45, 7) is 10.8. The first-order valence-corrected chi connectivity index (χ1v) is 18.2. The van der Waals surface area contributed by atoms with Crippen LogP contribution >= 0.6 is 0 Å². The Morgan fingerprint density at radius 3 is 2.81 bits per heavy atom. The highest BCUT2D eigenvalue weighted by Crippen LogP contribution is 2.38. The average Bonchev–Trinajstić information content (AvgIpc) is 3.52. The van der Waals surface area contributed by atoms with Crippen LogP contribution in [-0.4, -0.2) is 51.5 Å². The van der Waals surface area contributed by atoms with Gasteiger partial charge in [-0.3, -0.25) is 9.48 Å². The summed E-state index contributed by atoms with van der Waals surface area (Å²) >= 11 is 0. The molecule has 0 saturated carbocycles. The number of amides is 1. The van der Waals surface area contributed by atoms with Gasteiger partial charge in [0.1, 0.15) is 41.3 Å². The monoisotopic (exact) mass is 586 g/mol. The molecule has 1 atom stereocenters. The van der Waals surface area contributed by atoms with Gasteiger partial charge in [0.05, 0.1) is 23.9 Å². The Balaban J connectivity index is 1.24. The maximum absolute atomic E-state index is 11.8. The molecule has 0 saturated heterocycles. The second-order valence-electron chi connectivity index (χ2n) is 12.4. The molecule has 10 nitrogen and oxygen atoms in total. The van der Waals surface area contributed by atoms with E-state index in [0.29, 0.717) is 43.5 Å². The SMILES string of the molecule is Cc1cc(-c2cn(COCC[Si](C)(C)C)c(C3COc4ccc(Oc5ccnc6c5CCC(=O)N6)cc4C3)n2)n(C)n1. The number of nitrogens with one attached hydrogen (secondary N) is 1. The van der Waals surface area contributed by atoms with Crippen LogP contribution in [0.3, 0.4) is 0 Å². The molecule has 2 aliphatic heterocycles. The fourth-order valence-electron chi connectivity index (χ4n) is 5.45. The Kier molecular flexibility index (Phi) is 7.63. The maximum atomic E-state index is 11.8. The number of fused-ring (bicyclic) bond motifs is 2. The normalized spacial score (nSPS) is 16.4. The van der Waals surface area contributed by atoms with E-state index in [-0.39, 0.29) is 11.8 Å². The molecule has 3 aromatic heterocycles. The summed E-state index contributed by atoms with van der Waals surface area (Å²) in [5.74, 6) is 3.81. The quantitative estimate of drug-likeness (QED) is 0.198. The van der Waals surface area contributed by atoms with Crippen molar-refractivity contribution in [1.82, 2.24) is 24.3 Å². The Bertz CT molecular complexity index is 1620. The Morgan fingerprint density at radius 1 is 1.17 bits per heavy atom. The maximum Gasteiger partial charge on any atom is 0.225 e. The Labute approximate surface area is 247 Å². The third-order valence-corrected chi connectivity index (χ3v) is 9.41. The van der Waals surface area contributed by atoms with E-state index >= 15 is 0 Å². The Hall–Kier alpha value is -3.96. The van der Waals surface area contributed by atoms with Gasteiger partial charge in [-0.25, -0.2) is 9.97 Å². The number of rotatable bonds is 9. The molecule has 5 heterocycles. The molecular formula is C31H38N6O4Si. The number of anilines is 1. The van der Waals surface area contributed by atoms with E-state index in [1.54, 1.807) is 6.20 Å². The van der Waals surface area contributed by atoms with E-state index in [2.05, 4.69) is 51.9 Å². The predicted molar refractivity (Wildman–Crippen MR) is 163 cm³/mol. The van der Waals surface area contributed by atoms with Crippen molar-refractivity contribution in [1.29, 1.82) is 0 Å². The van der Waals surface area contributed by atoms with Gasteiger partial charge < -0.3 is 24.1 Å². The van der Waals surface area contributed by atoms with Gasteiger partial charge in [0.15, 0.2) is 0 Å². The van der Waals surface area contributed by atoms with Crippen LogP contribution in [0.25, 0.3) is 11.4 Å². The highest BCUT2D eigenvalue weighted by atomic mass is 28.3. The summed E-state index contributed by atoms with van der Waals surface area (Å²) in [5.41, 5.74) is 4.78. The number of benzene rings is 1. The average molecular weight is 587 g/mol. The van der Waals surface area contributed by atoms with Gasteiger partial charge >= 0.3 is 0 Å². The van der Waals surface area contributed by atoms with E-state index in [4.69, 9.17) is 19.2 Å². The number of aryl methyl sites for hydroxylation is 2. The van der Waals surface area contributed by atoms with Gasteiger partial charge in [0.2, 0.25) is 5.91 Å². The summed E-state index contributed by atoms with van der Waals surface area (Å²) in [5, 5.41) is 7.36. The molecule has 220 valence electrons. The molecule has 6 rings (SSSR count). The van der Waals surface area contributed by atoms with Crippen LogP contribution < -0.4 is 14.8 Å². The fourth-order valence-corrected chi connectivity index (χ4v) is 6.21. The van der Waals surface area contributed by atoms with Crippen LogP contribution in [0.15, 0.2) is 42.7 Å². The van der Waals surface area contributed by atoms with Crippen molar-refractivity contribution in [3.05, 3.63) is 65.4 Å². The van der Waals surface area contributed by atoms with Crippen LogP contribution in [0.1, 0.15) is 35.0 Å². The Morgan fingerprint density at radius 2 is 2.02 bits per heavy atom. The van der Waals surface area contributed by atoms with Crippen LogP contribution in [0, 0.1) is 6.92 Å². The first-order valence-electron chi connectivity index (χ1n) is 14.5. The second kappa shape index (κ2) is 11.4. The van der Waals surface area contributed by atoms with Crippen molar-refractivity contribution < 1.29 is 19.0 Å². The number of imidazole rings is 1. The van der Waals surface area contributed by atoms with Gasteiger partial charge in [0.25, 0.3) is 0 Å². The smallest absolute Gasteiger partial charge is 0.225 e. The molecule has 11 heteroatoms. The number of pyridine rings is 1. The van der Waals surface area contributed by atoms with Crippen molar-refractivity contribution in [2.45, 2.75) is 64.5 Å². The number of nitrogens with zero attached hydrogens (tertiary/aromatic N) is 5. The van der Waals surface area contributed by atoms with E-state index in [1.165, 1.54) is 0 Å². The third kappa shape index (κ3) is 6.12. The minimum atomic E-state index is -1.19. The molecule has 1 N–H and O–H groups in total. The lowest BCUT2D eigenvalue weighted by molar-refractivity contribution is -0.116. The standard InChI is InChI=1S/C31H38N6O4Si/c1-20-14-26(36(2)35-20)25-17-37(19-39-12-13-42(3,4)5)31(33-25)22-15-21-16-23(6-8-27(21)40-18-22)41-28-10-11-32-30-24(28)7-9-29(38)34-30/h6,8,10-11,14,16-17,22H,7,9,12-13,15,18-19H2,1-5H3,(H,32,34,38). The topological polar surface area (TPSA) is 105 Å². The highest BCUT2D eigenvalue weighted by Gasteiger charge is 2.28. The molecule has 0 spiro atoms. The van der Waals surface area contributed by atoms with Gasteiger partial charge in [-0.2, -0.15) is 5.10 Å². The highest BCUT2D eigenvalue weighted by molar-refractivity contribution is 6.76. The number of carbonyl (C=O) groups is 1. The van der Waals surface area contributed by atoms with Gasteiger partial charge in [-0.05, 0) is 61.7 Å². The van der Waals surface area contributed by atoms with Crippen molar-refractivity contribution >= 4 is 19.8 Å². The molecule has 0 aliphatic carbocycles. The van der Waals surface area contributed by atoms with Gasteiger partial charge in [-0.1, -0.05) is 19.6 Å². The van der Waals surface area contributed by atoms with E-state index < -0.39 is 8.07 Å². The van der Waals surface area contributed by atoms with E-state index in [9.17, 15) is 4.79 Å². The number of hydrogen-bond acceptors (Lipinski definition) is 7. The first kappa shape index (κ1) is 28.2. The van der Waals surface area contributed by atoms with Crippen LogP contribution in [0.2, 0.25) is 25.7 Å². The summed E-state index contributed by atoms with van der Waals surface area (Å²) in [7, 11) is 0.752. The summed E-state index contributed by atoms with van der Waals surface area (Å²) in [6.07, 6.45) is 5.50. The number of ether oxygens (including phenoxy) is 3. The fraction of sp³-hybridized carbons (Fsp3) is 0.419. The summed E-state index contributed by atoms with van der Waals surface area (Å²) in [4.78, 5) is 21.2. The number of aromatic nitrogens is 5. The van der Waals surface area contributed by atoms with Gasteiger partial charge in [-0.15, -0.1) is 0 Å². The zero-order chi connectivity index (χ0) is 29.4. The molecule has 0 radical (unpaired) electrons.